The maximum Gasteiger partial charge on any atom is 0.269 e. The van der Waals surface area contributed by atoms with Crippen LogP contribution in [0.1, 0.15) is 0 Å². The smallest absolute Gasteiger partial charge is 0.269 e. The summed E-state index contributed by atoms with van der Waals surface area (Å²) < 4.78 is 5.15. The molecule has 1 aromatic carbocycles. The minimum Gasteiger partial charge on any atom is -0.491 e. The Hall–Kier alpha value is -1.66. The summed E-state index contributed by atoms with van der Waals surface area (Å²) in [5.41, 5.74) is 0.0347. The number of nitrogens with zero attached hydrogens (tertiary/aromatic N) is 1. The first-order valence-corrected chi connectivity index (χ1v) is 3.93. The Bertz CT molecular complexity index is 299. The molecule has 1 rings (SSSR count). The van der Waals surface area contributed by atoms with Gasteiger partial charge in [0.2, 0.25) is 0 Å². The van der Waals surface area contributed by atoms with E-state index in [2.05, 4.69) is 4.84 Å². The first-order valence-electron chi connectivity index (χ1n) is 3.93. The third-order valence-electron chi connectivity index (χ3n) is 1.52. The van der Waals surface area contributed by atoms with Crippen LogP contribution in [0.25, 0.3) is 0 Å². The molecule has 0 spiro atoms. The molecule has 0 heterocycles. The second-order valence-electron chi connectivity index (χ2n) is 2.47. The van der Waals surface area contributed by atoms with E-state index < -0.39 is 4.92 Å². The summed E-state index contributed by atoms with van der Waals surface area (Å²) in [7, 11) is 0. The van der Waals surface area contributed by atoms with E-state index in [4.69, 9.17) is 10.6 Å². The van der Waals surface area contributed by atoms with Crippen LogP contribution in [0.2, 0.25) is 0 Å². The molecule has 2 N–H and O–H groups in total. The highest BCUT2D eigenvalue weighted by molar-refractivity contribution is 5.35. The monoisotopic (exact) mass is 198 g/mol. The number of non-ortho nitro benzene ring substituents is 1. The van der Waals surface area contributed by atoms with E-state index >= 15 is 0 Å². The SMILES string of the molecule is NOCCOc1ccc([N+](=O)[O-])cc1. The summed E-state index contributed by atoms with van der Waals surface area (Å²) in [6, 6.07) is 5.79. The summed E-state index contributed by atoms with van der Waals surface area (Å²) in [6.07, 6.45) is 0. The molecular formula is C8H10N2O4. The summed E-state index contributed by atoms with van der Waals surface area (Å²) in [6.45, 7) is 0.589. The fourth-order valence-electron chi connectivity index (χ4n) is 0.872. The lowest BCUT2D eigenvalue weighted by molar-refractivity contribution is -0.384. The second kappa shape index (κ2) is 5.15. The average Bonchev–Trinajstić information content (AvgIpc) is 2.19. The minimum atomic E-state index is -0.466. The topological polar surface area (TPSA) is 87.6 Å². The van der Waals surface area contributed by atoms with Crippen molar-refractivity contribution in [2.24, 2.45) is 5.90 Å². The fourth-order valence-corrected chi connectivity index (χ4v) is 0.872. The van der Waals surface area contributed by atoms with Crippen LogP contribution in [0.3, 0.4) is 0 Å². The summed E-state index contributed by atoms with van der Waals surface area (Å²) >= 11 is 0. The van der Waals surface area contributed by atoms with Crippen LogP contribution in [-0.4, -0.2) is 18.1 Å². The van der Waals surface area contributed by atoms with Gasteiger partial charge in [-0.3, -0.25) is 10.1 Å². The lowest BCUT2D eigenvalue weighted by Crippen LogP contribution is -2.09. The van der Waals surface area contributed by atoms with Crippen molar-refractivity contribution in [3.8, 4) is 5.75 Å². The van der Waals surface area contributed by atoms with Gasteiger partial charge in [-0.1, -0.05) is 0 Å². The standard InChI is InChI=1S/C8H10N2O4/c9-14-6-5-13-8-3-1-7(2-4-8)10(11)12/h1-4H,5-6,9H2. The van der Waals surface area contributed by atoms with Gasteiger partial charge in [-0.15, -0.1) is 0 Å². The molecule has 0 aliphatic heterocycles. The number of benzene rings is 1. The van der Waals surface area contributed by atoms with Gasteiger partial charge in [0.05, 0.1) is 4.92 Å². The molecule has 0 amide bonds. The van der Waals surface area contributed by atoms with E-state index in [-0.39, 0.29) is 12.3 Å². The van der Waals surface area contributed by atoms with Crippen molar-refractivity contribution in [2.75, 3.05) is 13.2 Å². The molecular weight excluding hydrogens is 188 g/mol. The highest BCUT2D eigenvalue weighted by atomic mass is 16.6. The molecule has 0 saturated heterocycles. The summed E-state index contributed by atoms with van der Waals surface area (Å²) in [5.74, 6) is 5.34. The van der Waals surface area contributed by atoms with E-state index in [0.717, 1.165) is 0 Å². The molecule has 6 nitrogen and oxygen atoms in total. The number of rotatable bonds is 5. The Morgan fingerprint density at radius 2 is 1.93 bits per heavy atom. The molecule has 0 aliphatic rings. The number of ether oxygens (including phenoxy) is 1. The highest BCUT2D eigenvalue weighted by Crippen LogP contribution is 2.16. The number of nitrogens with two attached hydrogens (primary N) is 1. The zero-order chi connectivity index (χ0) is 10.4. The second-order valence-corrected chi connectivity index (χ2v) is 2.47. The Balaban J connectivity index is 2.51. The van der Waals surface area contributed by atoms with Crippen molar-refractivity contribution in [2.45, 2.75) is 0 Å². The molecule has 0 radical (unpaired) electrons. The van der Waals surface area contributed by atoms with Crippen LogP contribution in [0.5, 0.6) is 5.75 Å². The Morgan fingerprint density at radius 3 is 2.43 bits per heavy atom. The Labute approximate surface area is 80.3 Å². The number of hydrogen-bond donors (Lipinski definition) is 1. The summed E-state index contributed by atoms with van der Waals surface area (Å²) in [5, 5.41) is 10.3. The van der Waals surface area contributed by atoms with Crippen molar-refractivity contribution in [3.63, 3.8) is 0 Å². The first-order chi connectivity index (χ1) is 6.74. The van der Waals surface area contributed by atoms with Crippen LogP contribution < -0.4 is 10.6 Å². The van der Waals surface area contributed by atoms with Gasteiger partial charge >= 0.3 is 0 Å². The van der Waals surface area contributed by atoms with E-state index in [1.165, 1.54) is 24.3 Å². The molecule has 0 aromatic heterocycles. The van der Waals surface area contributed by atoms with Crippen molar-refractivity contribution in [3.05, 3.63) is 34.4 Å². The molecule has 0 unspecified atom stereocenters. The average molecular weight is 198 g/mol. The molecule has 6 heteroatoms. The molecule has 0 bridgehead atoms. The van der Waals surface area contributed by atoms with Gasteiger partial charge < -0.3 is 9.57 Å². The van der Waals surface area contributed by atoms with Crippen LogP contribution >= 0.6 is 0 Å². The molecule has 14 heavy (non-hydrogen) atoms. The first kappa shape index (κ1) is 10.4. The maximum absolute atomic E-state index is 10.3. The van der Waals surface area contributed by atoms with Gasteiger partial charge in [-0.05, 0) is 12.1 Å². The van der Waals surface area contributed by atoms with Crippen LogP contribution in [-0.2, 0) is 4.84 Å². The van der Waals surface area contributed by atoms with Crippen molar-refractivity contribution >= 4 is 5.69 Å². The predicted octanol–water partition coefficient (Wildman–Crippen LogP) is 0.864. The van der Waals surface area contributed by atoms with E-state index in [9.17, 15) is 10.1 Å². The van der Waals surface area contributed by atoms with Gasteiger partial charge in [0, 0.05) is 12.1 Å². The molecule has 0 aliphatic carbocycles. The normalized spacial score (nSPS) is 9.79. The van der Waals surface area contributed by atoms with Crippen LogP contribution in [0, 0.1) is 10.1 Å². The summed E-state index contributed by atoms with van der Waals surface area (Å²) in [4.78, 5) is 14.1. The fraction of sp³-hybridized carbons (Fsp3) is 0.250. The molecule has 0 atom stereocenters. The quantitative estimate of drug-likeness (QED) is 0.430. The third kappa shape index (κ3) is 3.00. The molecule has 0 fully saturated rings. The van der Waals surface area contributed by atoms with Crippen LogP contribution in [0.15, 0.2) is 24.3 Å². The van der Waals surface area contributed by atoms with Gasteiger partial charge in [-0.25, -0.2) is 5.90 Å². The Kier molecular flexibility index (Phi) is 3.84. The largest absolute Gasteiger partial charge is 0.491 e. The van der Waals surface area contributed by atoms with Crippen molar-refractivity contribution in [1.82, 2.24) is 0 Å². The number of hydrogen-bond acceptors (Lipinski definition) is 5. The third-order valence-corrected chi connectivity index (χ3v) is 1.52. The van der Waals surface area contributed by atoms with E-state index in [0.29, 0.717) is 12.4 Å². The van der Waals surface area contributed by atoms with E-state index in [1.807, 2.05) is 0 Å². The van der Waals surface area contributed by atoms with Crippen molar-refractivity contribution in [1.29, 1.82) is 0 Å². The van der Waals surface area contributed by atoms with Crippen LogP contribution in [0.4, 0.5) is 5.69 Å². The lowest BCUT2D eigenvalue weighted by Gasteiger charge is -2.03. The zero-order valence-corrected chi connectivity index (χ0v) is 7.38. The zero-order valence-electron chi connectivity index (χ0n) is 7.38. The predicted molar refractivity (Wildman–Crippen MR) is 48.7 cm³/mol. The Morgan fingerprint density at radius 1 is 1.29 bits per heavy atom. The lowest BCUT2D eigenvalue weighted by atomic mass is 10.3. The molecule has 0 saturated carbocycles. The maximum atomic E-state index is 10.3. The van der Waals surface area contributed by atoms with Gasteiger partial charge in [-0.2, -0.15) is 0 Å². The van der Waals surface area contributed by atoms with Gasteiger partial charge in [0.25, 0.3) is 5.69 Å². The van der Waals surface area contributed by atoms with Gasteiger partial charge in [0.1, 0.15) is 19.0 Å². The van der Waals surface area contributed by atoms with Crippen molar-refractivity contribution < 1.29 is 14.5 Å². The number of nitro groups is 1. The molecule has 76 valence electrons. The van der Waals surface area contributed by atoms with Gasteiger partial charge in [0.15, 0.2) is 0 Å². The molecule has 1 aromatic rings. The highest BCUT2D eigenvalue weighted by Gasteiger charge is 2.03. The number of nitro benzene ring substituents is 1. The van der Waals surface area contributed by atoms with E-state index in [1.54, 1.807) is 0 Å². The minimum absolute atomic E-state index is 0.0347.